The molecule has 0 aliphatic heterocycles. The van der Waals surface area contributed by atoms with E-state index in [9.17, 15) is 9.59 Å². The van der Waals surface area contributed by atoms with E-state index < -0.39 is 5.97 Å². The van der Waals surface area contributed by atoms with Crippen LogP contribution in [-0.4, -0.2) is 32.1 Å². The number of carbonyl (C=O) groups excluding carboxylic acids is 1. The normalized spacial score (nSPS) is 10.4. The first kappa shape index (κ1) is 23.7. The highest BCUT2D eigenvalue weighted by Gasteiger charge is 2.14. The summed E-state index contributed by atoms with van der Waals surface area (Å²) in [6.07, 6.45) is 1.92. The molecule has 0 unspecified atom stereocenters. The van der Waals surface area contributed by atoms with Crippen molar-refractivity contribution in [3.63, 3.8) is 0 Å². The minimum Gasteiger partial charge on any atom is -0.462 e. The Bertz CT molecular complexity index is 1340. The fourth-order valence-corrected chi connectivity index (χ4v) is 3.34. The average molecular weight is 467 g/mol. The van der Waals surface area contributed by atoms with Crippen molar-refractivity contribution in [2.45, 2.75) is 20.3 Å². The van der Waals surface area contributed by atoms with Crippen LogP contribution in [0.5, 0.6) is 0 Å². The number of carbonyl (C=O) groups is 1. The Morgan fingerprint density at radius 1 is 1.06 bits per heavy atom. The summed E-state index contributed by atoms with van der Waals surface area (Å²) in [4.78, 5) is 35.7. The molecule has 33 heavy (non-hydrogen) atoms. The second kappa shape index (κ2) is 10.6. The third-order valence-electron chi connectivity index (χ3n) is 4.58. The molecular weight excluding hydrogens is 444 g/mol. The number of fused-ring (bicyclic) bond motifs is 1. The van der Waals surface area contributed by atoms with E-state index in [-0.39, 0.29) is 29.5 Å². The Morgan fingerprint density at radius 3 is 2.42 bits per heavy atom. The van der Waals surface area contributed by atoms with E-state index in [0.29, 0.717) is 22.3 Å². The molecule has 4 aromatic rings. The van der Waals surface area contributed by atoms with E-state index in [2.05, 4.69) is 15.0 Å². The zero-order valence-electron chi connectivity index (χ0n) is 18.2. The number of hydrogen-bond donors (Lipinski definition) is 2. The van der Waals surface area contributed by atoms with Crippen LogP contribution in [0, 0.1) is 0 Å². The summed E-state index contributed by atoms with van der Waals surface area (Å²) in [5.74, 6) is 0.257. The van der Waals surface area contributed by atoms with Crippen molar-refractivity contribution in [3.05, 3.63) is 81.5 Å². The second-order valence-corrected chi connectivity index (χ2v) is 7.15. The van der Waals surface area contributed by atoms with E-state index in [4.69, 9.17) is 27.8 Å². The molecule has 2 aromatic heterocycles. The van der Waals surface area contributed by atoms with Gasteiger partial charge in [-0.2, -0.15) is 4.98 Å². The number of nitrogens with two attached hydrogens (primary N) is 2. The van der Waals surface area contributed by atoms with Crippen LogP contribution in [0.2, 0.25) is 5.02 Å². The summed E-state index contributed by atoms with van der Waals surface area (Å²) < 4.78 is 6.34. The predicted molar refractivity (Wildman–Crippen MR) is 129 cm³/mol. The minimum atomic E-state index is -0.542. The van der Waals surface area contributed by atoms with Crippen molar-refractivity contribution in [1.29, 1.82) is 0 Å². The van der Waals surface area contributed by atoms with E-state index in [1.54, 1.807) is 17.6 Å². The fourth-order valence-electron chi connectivity index (χ4n) is 3.09. The zero-order valence-corrected chi connectivity index (χ0v) is 18.9. The highest BCUT2D eigenvalue weighted by molar-refractivity contribution is 6.35. The molecule has 0 saturated carbocycles. The van der Waals surface area contributed by atoms with Crippen molar-refractivity contribution < 1.29 is 9.53 Å². The number of halogens is 1. The number of esters is 1. The molecule has 0 aliphatic rings. The van der Waals surface area contributed by atoms with Crippen molar-refractivity contribution in [1.82, 2.24) is 19.5 Å². The number of benzene rings is 2. The molecule has 170 valence electrons. The summed E-state index contributed by atoms with van der Waals surface area (Å²) in [5, 5.41) is 0.905. The smallest absolute Gasteiger partial charge is 0.343 e. The maximum Gasteiger partial charge on any atom is 0.343 e. The van der Waals surface area contributed by atoms with Crippen molar-refractivity contribution in [3.8, 4) is 5.69 Å². The Balaban J connectivity index is 0.000000205. The van der Waals surface area contributed by atoms with Crippen LogP contribution in [0.25, 0.3) is 16.6 Å². The lowest BCUT2D eigenvalue weighted by atomic mass is 10.2. The first-order chi connectivity index (χ1) is 15.9. The third-order valence-corrected chi connectivity index (χ3v) is 4.89. The van der Waals surface area contributed by atoms with Gasteiger partial charge in [-0.1, -0.05) is 42.8 Å². The van der Waals surface area contributed by atoms with E-state index >= 15 is 0 Å². The zero-order chi connectivity index (χ0) is 24.0. The van der Waals surface area contributed by atoms with Crippen LogP contribution in [0.15, 0.2) is 59.5 Å². The van der Waals surface area contributed by atoms with Gasteiger partial charge in [-0.25, -0.2) is 14.8 Å². The molecule has 4 rings (SSSR count). The number of rotatable bonds is 4. The summed E-state index contributed by atoms with van der Waals surface area (Å²) in [6, 6.07) is 14.8. The lowest BCUT2D eigenvalue weighted by molar-refractivity contribution is 0.0527. The molecule has 0 amide bonds. The highest BCUT2D eigenvalue weighted by atomic mass is 35.5. The van der Waals surface area contributed by atoms with Gasteiger partial charge >= 0.3 is 5.97 Å². The Kier molecular flexibility index (Phi) is 7.57. The highest BCUT2D eigenvalue weighted by Crippen LogP contribution is 2.20. The molecule has 0 atom stereocenters. The third kappa shape index (κ3) is 5.27. The molecular formula is C23H23ClN6O3. The van der Waals surface area contributed by atoms with Gasteiger partial charge in [0, 0.05) is 12.6 Å². The Hall–Kier alpha value is -3.98. The summed E-state index contributed by atoms with van der Waals surface area (Å²) in [6.45, 7) is 3.96. The van der Waals surface area contributed by atoms with Gasteiger partial charge < -0.3 is 16.2 Å². The molecule has 0 spiro atoms. The number of nitrogens with zero attached hydrogens (tertiary/aromatic N) is 4. The SMILES string of the molecule is CCOC(=O)c1cnc(N)nc1N.CCc1nc2cccc(Cl)c2c(=O)n1-c1ccccc1. The molecule has 0 radical (unpaired) electrons. The summed E-state index contributed by atoms with van der Waals surface area (Å²) in [7, 11) is 0. The first-order valence-corrected chi connectivity index (χ1v) is 10.6. The number of para-hydroxylation sites is 1. The van der Waals surface area contributed by atoms with Crippen LogP contribution in [0.1, 0.15) is 30.0 Å². The maximum absolute atomic E-state index is 12.8. The number of hydrogen-bond acceptors (Lipinski definition) is 8. The molecule has 9 nitrogen and oxygen atoms in total. The number of nitrogen functional groups attached to an aromatic ring is 2. The average Bonchev–Trinajstić information content (AvgIpc) is 2.80. The van der Waals surface area contributed by atoms with E-state index in [1.807, 2.05) is 49.4 Å². The topological polar surface area (TPSA) is 139 Å². The van der Waals surface area contributed by atoms with Gasteiger partial charge in [-0.3, -0.25) is 9.36 Å². The van der Waals surface area contributed by atoms with Gasteiger partial charge in [-0.15, -0.1) is 0 Å². The molecule has 10 heteroatoms. The predicted octanol–water partition coefficient (Wildman–Crippen LogP) is 3.42. The Morgan fingerprint density at radius 2 is 1.79 bits per heavy atom. The van der Waals surface area contributed by atoms with Crippen LogP contribution in [-0.2, 0) is 11.2 Å². The van der Waals surface area contributed by atoms with Crippen LogP contribution in [0.4, 0.5) is 11.8 Å². The minimum absolute atomic E-state index is 0.0329. The first-order valence-electron chi connectivity index (χ1n) is 10.2. The second-order valence-electron chi connectivity index (χ2n) is 6.74. The quantitative estimate of drug-likeness (QED) is 0.436. The van der Waals surface area contributed by atoms with Gasteiger partial charge in [0.05, 0.1) is 28.2 Å². The fraction of sp³-hybridized carbons (Fsp3) is 0.174. The van der Waals surface area contributed by atoms with Crippen LogP contribution in [0.3, 0.4) is 0 Å². The number of aryl methyl sites for hydroxylation is 1. The molecule has 0 aliphatic carbocycles. The van der Waals surface area contributed by atoms with Gasteiger partial charge in [0.15, 0.2) is 0 Å². The lowest BCUT2D eigenvalue weighted by Gasteiger charge is -2.12. The largest absolute Gasteiger partial charge is 0.462 e. The van der Waals surface area contributed by atoms with Crippen molar-refractivity contribution in [2.24, 2.45) is 0 Å². The van der Waals surface area contributed by atoms with Crippen molar-refractivity contribution in [2.75, 3.05) is 18.1 Å². The molecule has 2 heterocycles. The van der Waals surface area contributed by atoms with E-state index in [1.165, 1.54) is 6.20 Å². The summed E-state index contributed by atoms with van der Waals surface area (Å²) in [5.41, 5.74) is 12.1. The van der Waals surface area contributed by atoms with Gasteiger partial charge in [-0.05, 0) is 31.2 Å². The molecule has 0 fully saturated rings. The number of ether oxygens (including phenoxy) is 1. The van der Waals surface area contributed by atoms with Gasteiger partial charge in [0.25, 0.3) is 5.56 Å². The monoisotopic (exact) mass is 466 g/mol. The van der Waals surface area contributed by atoms with Gasteiger partial charge in [0.1, 0.15) is 17.2 Å². The number of anilines is 2. The van der Waals surface area contributed by atoms with Crippen molar-refractivity contribution >= 4 is 40.2 Å². The number of aromatic nitrogens is 4. The van der Waals surface area contributed by atoms with Crippen LogP contribution < -0.4 is 17.0 Å². The molecule has 0 saturated heterocycles. The van der Waals surface area contributed by atoms with Crippen LogP contribution >= 0.6 is 11.6 Å². The molecule has 0 bridgehead atoms. The lowest BCUT2D eigenvalue weighted by Crippen LogP contribution is -2.23. The summed E-state index contributed by atoms with van der Waals surface area (Å²) >= 11 is 6.16. The molecule has 4 N–H and O–H groups in total. The van der Waals surface area contributed by atoms with Gasteiger partial charge in [0.2, 0.25) is 5.95 Å². The maximum atomic E-state index is 12.8. The molecule has 2 aromatic carbocycles. The Labute approximate surface area is 195 Å². The standard InChI is InChI=1S/C16H13ClN2O.C7H10N4O2/c1-2-14-18-13-10-6-9-12(17)15(13)16(20)19(14)11-7-4-3-5-8-11;1-2-13-6(12)4-3-10-7(9)11-5(4)8/h3-10H,2H2,1H3;3H,2H2,1H3,(H4,8,9,10,11). The van der Waals surface area contributed by atoms with E-state index in [0.717, 1.165) is 11.5 Å².